The molecule has 194 valence electrons. The minimum absolute atomic E-state index is 0.0255. The van der Waals surface area contributed by atoms with Gasteiger partial charge in [-0.05, 0) is 86.9 Å². The van der Waals surface area contributed by atoms with Crippen LogP contribution in [-0.2, 0) is 0 Å². The standard InChI is InChI=1S/C35H24B2O4/c1-20-8-6-13-27-32(20)36(23-9-2-4-11-25(23)38)33-21-16-19-31-34(22(21)17-18-30(33)40-27)37-24-10-3-5-12-26(24)39-28-14-7-15-29(41-31)35(28)37/h2-14,16-19,29,38H,15H2,1H3. The molecule has 1 N–H and O–H groups in total. The van der Waals surface area contributed by atoms with E-state index in [2.05, 4.69) is 67.6 Å². The van der Waals surface area contributed by atoms with Gasteiger partial charge in [0.15, 0.2) is 0 Å². The lowest BCUT2D eigenvalue weighted by atomic mass is 9.31. The monoisotopic (exact) mass is 530 g/mol. The molecule has 3 heterocycles. The third kappa shape index (κ3) is 3.13. The fraction of sp³-hybridized carbons (Fsp3) is 0.0857. The van der Waals surface area contributed by atoms with E-state index in [1.807, 2.05) is 36.4 Å². The number of allylic oxidation sites excluding steroid dienone is 1. The fourth-order valence-corrected chi connectivity index (χ4v) is 7.39. The Labute approximate surface area is 238 Å². The van der Waals surface area contributed by atoms with E-state index >= 15 is 0 Å². The molecule has 1 atom stereocenters. The first-order valence-corrected chi connectivity index (χ1v) is 14.2. The zero-order valence-electron chi connectivity index (χ0n) is 22.4. The number of fused-ring (bicyclic) bond motifs is 9. The van der Waals surface area contributed by atoms with Gasteiger partial charge >= 0.3 is 0 Å². The lowest BCUT2D eigenvalue weighted by Gasteiger charge is -2.40. The summed E-state index contributed by atoms with van der Waals surface area (Å²) in [5.74, 6) is 4.62. The predicted molar refractivity (Wildman–Crippen MR) is 165 cm³/mol. The number of aromatic hydroxyl groups is 1. The smallest absolute Gasteiger partial charge is 0.256 e. The van der Waals surface area contributed by atoms with Crippen molar-refractivity contribution in [2.45, 2.75) is 19.4 Å². The molecular formula is C35H24B2O4. The zero-order valence-corrected chi connectivity index (χ0v) is 22.4. The number of ether oxygens (including phenoxy) is 3. The topological polar surface area (TPSA) is 47.9 Å². The number of benzene rings is 5. The van der Waals surface area contributed by atoms with Crippen molar-refractivity contribution in [1.82, 2.24) is 0 Å². The molecule has 0 radical (unpaired) electrons. The van der Waals surface area contributed by atoms with Gasteiger partial charge in [0.2, 0.25) is 0 Å². The average molecular weight is 530 g/mol. The molecule has 0 bridgehead atoms. The molecule has 4 aliphatic rings. The summed E-state index contributed by atoms with van der Waals surface area (Å²) in [6.45, 7) is 1.95. The van der Waals surface area contributed by atoms with Gasteiger partial charge in [-0.25, -0.2) is 0 Å². The normalized spacial score (nSPS) is 17.4. The molecule has 0 saturated carbocycles. The average Bonchev–Trinajstić information content (AvgIpc) is 3.00. The minimum Gasteiger partial charge on any atom is -0.508 e. The fourth-order valence-electron chi connectivity index (χ4n) is 7.39. The van der Waals surface area contributed by atoms with Gasteiger partial charge in [0, 0.05) is 6.42 Å². The molecule has 5 aromatic rings. The van der Waals surface area contributed by atoms with E-state index in [-0.39, 0.29) is 25.3 Å². The van der Waals surface area contributed by atoms with Gasteiger partial charge < -0.3 is 19.3 Å². The number of hydrogen-bond acceptors (Lipinski definition) is 4. The number of phenols is 1. The van der Waals surface area contributed by atoms with Crippen molar-refractivity contribution in [1.29, 1.82) is 0 Å². The Morgan fingerprint density at radius 1 is 0.659 bits per heavy atom. The van der Waals surface area contributed by atoms with Gasteiger partial charge in [-0.2, -0.15) is 0 Å². The Bertz CT molecular complexity index is 2010. The maximum atomic E-state index is 11.1. The van der Waals surface area contributed by atoms with Crippen LogP contribution in [0.4, 0.5) is 0 Å². The van der Waals surface area contributed by atoms with Crippen LogP contribution in [0.15, 0.2) is 114 Å². The Morgan fingerprint density at radius 3 is 2.22 bits per heavy atom. The summed E-state index contributed by atoms with van der Waals surface area (Å²) in [5.41, 5.74) is 7.66. The van der Waals surface area contributed by atoms with Crippen LogP contribution in [0.1, 0.15) is 12.0 Å². The van der Waals surface area contributed by atoms with E-state index in [0.717, 1.165) is 78.8 Å². The Morgan fingerprint density at radius 2 is 1.37 bits per heavy atom. The van der Waals surface area contributed by atoms with Gasteiger partial charge in [0.25, 0.3) is 13.4 Å². The lowest BCUT2D eigenvalue weighted by molar-refractivity contribution is 0.236. The second kappa shape index (κ2) is 8.34. The van der Waals surface area contributed by atoms with Crippen molar-refractivity contribution >= 4 is 51.5 Å². The molecular weight excluding hydrogens is 506 g/mol. The molecule has 0 fully saturated rings. The van der Waals surface area contributed by atoms with E-state index in [9.17, 15) is 5.11 Å². The lowest BCUT2D eigenvalue weighted by Crippen LogP contribution is -2.58. The summed E-state index contributed by atoms with van der Waals surface area (Å²) in [7, 11) is 0. The van der Waals surface area contributed by atoms with Crippen molar-refractivity contribution in [3.63, 3.8) is 0 Å². The first kappa shape index (κ1) is 22.9. The van der Waals surface area contributed by atoms with E-state index < -0.39 is 0 Å². The van der Waals surface area contributed by atoms with Gasteiger partial charge in [0.1, 0.15) is 40.6 Å². The Balaban J connectivity index is 1.36. The van der Waals surface area contributed by atoms with Gasteiger partial charge in [-0.1, -0.05) is 72.3 Å². The van der Waals surface area contributed by atoms with Crippen molar-refractivity contribution in [2.24, 2.45) is 0 Å². The molecule has 6 heteroatoms. The molecule has 9 rings (SSSR count). The molecule has 0 spiro atoms. The van der Waals surface area contributed by atoms with Gasteiger partial charge in [-0.3, -0.25) is 0 Å². The highest BCUT2D eigenvalue weighted by Gasteiger charge is 2.46. The molecule has 0 saturated heterocycles. The van der Waals surface area contributed by atoms with Crippen LogP contribution in [0, 0.1) is 6.92 Å². The summed E-state index contributed by atoms with van der Waals surface area (Å²) in [4.78, 5) is 0. The zero-order chi connectivity index (χ0) is 27.2. The molecule has 3 aliphatic heterocycles. The van der Waals surface area contributed by atoms with E-state index in [1.165, 1.54) is 5.47 Å². The van der Waals surface area contributed by atoms with E-state index in [1.54, 1.807) is 6.07 Å². The third-order valence-corrected chi connectivity index (χ3v) is 9.10. The molecule has 5 aromatic carbocycles. The molecule has 0 amide bonds. The van der Waals surface area contributed by atoms with Gasteiger partial charge in [0.05, 0.1) is 0 Å². The van der Waals surface area contributed by atoms with Crippen molar-refractivity contribution in [2.75, 3.05) is 0 Å². The van der Waals surface area contributed by atoms with Crippen LogP contribution < -0.4 is 41.5 Å². The number of hydrogen-bond donors (Lipinski definition) is 1. The summed E-state index contributed by atoms with van der Waals surface area (Å²) < 4.78 is 19.7. The third-order valence-electron chi connectivity index (χ3n) is 9.10. The highest BCUT2D eigenvalue weighted by molar-refractivity contribution is 6.99. The number of rotatable bonds is 1. The van der Waals surface area contributed by atoms with Crippen LogP contribution in [0.3, 0.4) is 0 Å². The first-order chi connectivity index (χ1) is 20.2. The summed E-state index contributed by atoms with van der Waals surface area (Å²) in [6, 6.07) is 30.7. The second-order valence-electron chi connectivity index (χ2n) is 11.3. The van der Waals surface area contributed by atoms with Crippen molar-refractivity contribution in [3.05, 3.63) is 120 Å². The maximum absolute atomic E-state index is 11.1. The van der Waals surface area contributed by atoms with E-state index in [0.29, 0.717) is 0 Å². The van der Waals surface area contributed by atoms with Crippen LogP contribution in [0.2, 0.25) is 0 Å². The first-order valence-electron chi connectivity index (χ1n) is 14.2. The number of aryl methyl sites for hydroxylation is 1. The molecule has 1 aliphatic carbocycles. The molecule has 1 unspecified atom stereocenters. The summed E-state index contributed by atoms with van der Waals surface area (Å²) >= 11 is 0. The number of phenolic OH excluding ortho intramolecular Hbond substituents is 1. The second-order valence-corrected chi connectivity index (χ2v) is 11.3. The molecule has 0 aromatic heterocycles. The predicted octanol–water partition coefficient (Wildman–Crippen LogP) is 3.99. The SMILES string of the molecule is Cc1cccc2c1B(c1ccccc1O)c1c(ccc3c4c(ccc13)OC1CC=CC3=C1B4c1ccccc1O3)O2. The van der Waals surface area contributed by atoms with E-state index in [4.69, 9.17) is 14.2 Å². The Kier molecular flexibility index (Phi) is 4.66. The van der Waals surface area contributed by atoms with Crippen molar-refractivity contribution in [3.8, 4) is 28.7 Å². The summed E-state index contributed by atoms with van der Waals surface area (Å²) in [6.07, 6.45) is 5.01. The molecule has 4 nitrogen and oxygen atoms in total. The van der Waals surface area contributed by atoms with Gasteiger partial charge in [-0.15, -0.1) is 0 Å². The quantitative estimate of drug-likeness (QED) is 0.327. The largest absolute Gasteiger partial charge is 0.508 e. The number of para-hydroxylation sites is 2. The minimum atomic E-state index is -0.190. The summed E-state index contributed by atoms with van der Waals surface area (Å²) in [5, 5.41) is 13.4. The Hall–Kier alpha value is -4.83. The van der Waals surface area contributed by atoms with Crippen LogP contribution >= 0.6 is 0 Å². The highest BCUT2D eigenvalue weighted by atomic mass is 16.5. The van der Waals surface area contributed by atoms with Crippen molar-refractivity contribution < 1.29 is 19.3 Å². The molecule has 41 heavy (non-hydrogen) atoms. The van der Waals surface area contributed by atoms with Crippen LogP contribution in [0.5, 0.6) is 28.7 Å². The maximum Gasteiger partial charge on any atom is 0.256 e. The van der Waals surface area contributed by atoms with Crippen LogP contribution in [0.25, 0.3) is 10.8 Å². The highest BCUT2D eigenvalue weighted by Crippen LogP contribution is 2.39. The van der Waals surface area contributed by atoms with Crippen LogP contribution in [-0.4, -0.2) is 24.6 Å².